The monoisotopic (exact) mass is 260 g/mol. The van der Waals surface area contributed by atoms with Crippen LogP contribution in [0, 0.1) is 0 Å². The average Bonchev–Trinajstić information content (AvgIpc) is 2.24. The second-order valence-electron chi connectivity index (χ2n) is 5.93. The van der Waals surface area contributed by atoms with Crippen molar-refractivity contribution in [3.63, 3.8) is 0 Å². The lowest BCUT2D eigenvalue weighted by molar-refractivity contribution is 0.290. The van der Waals surface area contributed by atoms with Gasteiger partial charge in [-0.2, -0.15) is 0 Å². The van der Waals surface area contributed by atoms with Gasteiger partial charge < -0.3 is 10.2 Å². The predicted octanol–water partition coefficient (Wildman–Crippen LogP) is 1.61. The molecule has 0 spiro atoms. The first-order valence-electron chi connectivity index (χ1n) is 6.80. The third-order valence-corrected chi connectivity index (χ3v) is 4.35. The SMILES string of the molecule is CC(C)(C)NCCCCCN1CCS(=O)CC1. The van der Waals surface area contributed by atoms with Gasteiger partial charge in [-0.3, -0.25) is 4.21 Å². The van der Waals surface area contributed by atoms with Gasteiger partial charge in [0.15, 0.2) is 0 Å². The molecule has 4 heteroatoms. The first-order valence-corrected chi connectivity index (χ1v) is 8.28. The molecular weight excluding hydrogens is 232 g/mol. The molecule has 0 atom stereocenters. The van der Waals surface area contributed by atoms with E-state index in [1.54, 1.807) is 0 Å². The van der Waals surface area contributed by atoms with Gasteiger partial charge in [0.05, 0.1) is 0 Å². The molecule has 0 aromatic rings. The van der Waals surface area contributed by atoms with E-state index in [-0.39, 0.29) is 5.54 Å². The molecule has 0 aromatic carbocycles. The van der Waals surface area contributed by atoms with Crippen molar-refractivity contribution in [3.05, 3.63) is 0 Å². The zero-order valence-corrected chi connectivity index (χ0v) is 12.4. The summed E-state index contributed by atoms with van der Waals surface area (Å²) in [6, 6.07) is 0. The Morgan fingerprint density at radius 3 is 2.35 bits per heavy atom. The molecule has 0 saturated carbocycles. The molecule has 1 aliphatic heterocycles. The summed E-state index contributed by atoms with van der Waals surface area (Å²) in [5.41, 5.74) is 0.247. The molecule has 0 radical (unpaired) electrons. The molecule has 0 amide bonds. The largest absolute Gasteiger partial charge is 0.312 e. The van der Waals surface area contributed by atoms with E-state index in [1.165, 1.54) is 25.8 Å². The van der Waals surface area contributed by atoms with Gasteiger partial charge >= 0.3 is 0 Å². The lowest BCUT2D eigenvalue weighted by Crippen LogP contribution is -2.38. The lowest BCUT2D eigenvalue weighted by Gasteiger charge is -2.26. The van der Waals surface area contributed by atoms with Gasteiger partial charge in [-0.25, -0.2) is 0 Å². The van der Waals surface area contributed by atoms with Crippen molar-refractivity contribution in [1.82, 2.24) is 10.2 Å². The van der Waals surface area contributed by atoms with Crippen molar-refractivity contribution in [3.8, 4) is 0 Å². The molecule has 3 nitrogen and oxygen atoms in total. The Hall–Kier alpha value is 0.0700. The number of nitrogens with one attached hydrogen (secondary N) is 1. The van der Waals surface area contributed by atoms with E-state index in [1.807, 2.05) is 0 Å². The quantitative estimate of drug-likeness (QED) is 0.737. The van der Waals surface area contributed by atoms with Crippen LogP contribution in [0.3, 0.4) is 0 Å². The van der Waals surface area contributed by atoms with Crippen LogP contribution in [0.2, 0.25) is 0 Å². The van der Waals surface area contributed by atoms with Crippen molar-refractivity contribution >= 4 is 10.8 Å². The molecule has 0 aliphatic carbocycles. The zero-order chi connectivity index (χ0) is 12.7. The topological polar surface area (TPSA) is 32.3 Å². The minimum absolute atomic E-state index is 0.247. The van der Waals surface area contributed by atoms with Gasteiger partial charge in [0.2, 0.25) is 0 Å². The van der Waals surface area contributed by atoms with Gasteiger partial charge in [0, 0.05) is 40.9 Å². The first-order chi connectivity index (χ1) is 7.97. The zero-order valence-electron chi connectivity index (χ0n) is 11.6. The molecule has 17 heavy (non-hydrogen) atoms. The highest BCUT2D eigenvalue weighted by Gasteiger charge is 2.14. The lowest BCUT2D eigenvalue weighted by atomic mass is 10.1. The van der Waals surface area contributed by atoms with Gasteiger partial charge in [-0.15, -0.1) is 0 Å². The predicted molar refractivity (Wildman–Crippen MR) is 75.9 cm³/mol. The van der Waals surface area contributed by atoms with Crippen molar-refractivity contribution in [2.45, 2.75) is 45.6 Å². The van der Waals surface area contributed by atoms with Gasteiger partial charge in [-0.05, 0) is 46.7 Å². The summed E-state index contributed by atoms with van der Waals surface area (Å²) in [6.45, 7) is 11.0. The van der Waals surface area contributed by atoms with E-state index in [4.69, 9.17) is 0 Å². The van der Waals surface area contributed by atoms with Crippen LogP contribution in [-0.2, 0) is 10.8 Å². The molecular formula is C13H28N2OS. The third kappa shape index (κ3) is 7.90. The smallest absolute Gasteiger partial charge is 0.0363 e. The van der Waals surface area contributed by atoms with Crippen LogP contribution < -0.4 is 5.32 Å². The van der Waals surface area contributed by atoms with Crippen LogP contribution in [0.15, 0.2) is 0 Å². The van der Waals surface area contributed by atoms with E-state index >= 15 is 0 Å². The van der Waals surface area contributed by atoms with E-state index in [9.17, 15) is 4.21 Å². The Kier molecular flexibility index (Phi) is 6.67. The molecule has 0 bridgehead atoms. The fraction of sp³-hybridized carbons (Fsp3) is 1.00. The second kappa shape index (κ2) is 7.49. The highest BCUT2D eigenvalue weighted by Crippen LogP contribution is 2.04. The Morgan fingerprint density at radius 1 is 1.12 bits per heavy atom. The van der Waals surface area contributed by atoms with E-state index < -0.39 is 10.8 Å². The summed E-state index contributed by atoms with van der Waals surface area (Å²) < 4.78 is 11.2. The van der Waals surface area contributed by atoms with Crippen molar-refractivity contribution < 1.29 is 4.21 Å². The van der Waals surface area contributed by atoms with E-state index in [0.29, 0.717) is 0 Å². The molecule has 1 heterocycles. The second-order valence-corrected chi connectivity index (χ2v) is 7.62. The number of nitrogens with zero attached hydrogens (tertiary/aromatic N) is 1. The Balaban J connectivity index is 1.92. The molecule has 1 fully saturated rings. The Labute approximate surface area is 109 Å². The van der Waals surface area contributed by atoms with Crippen LogP contribution in [0.4, 0.5) is 0 Å². The van der Waals surface area contributed by atoms with Crippen LogP contribution in [0.1, 0.15) is 40.0 Å². The maximum absolute atomic E-state index is 11.2. The Bertz CT molecular complexity index is 228. The number of hydrogen-bond acceptors (Lipinski definition) is 3. The molecule has 1 rings (SSSR count). The number of rotatable bonds is 6. The van der Waals surface area contributed by atoms with Crippen LogP contribution in [0.5, 0.6) is 0 Å². The summed E-state index contributed by atoms with van der Waals surface area (Å²) in [5.74, 6) is 1.76. The highest BCUT2D eigenvalue weighted by atomic mass is 32.2. The highest BCUT2D eigenvalue weighted by molar-refractivity contribution is 7.85. The van der Waals surface area contributed by atoms with Crippen LogP contribution in [0.25, 0.3) is 0 Å². The molecule has 1 saturated heterocycles. The molecule has 0 unspecified atom stereocenters. The van der Waals surface area contributed by atoms with Gasteiger partial charge in [-0.1, -0.05) is 6.42 Å². The summed E-state index contributed by atoms with van der Waals surface area (Å²) in [4.78, 5) is 2.46. The molecule has 102 valence electrons. The minimum Gasteiger partial charge on any atom is -0.312 e. The van der Waals surface area contributed by atoms with Gasteiger partial charge in [0.1, 0.15) is 0 Å². The summed E-state index contributed by atoms with van der Waals surface area (Å²) >= 11 is 0. The summed E-state index contributed by atoms with van der Waals surface area (Å²) in [5, 5.41) is 3.51. The summed E-state index contributed by atoms with van der Waals surface area (Å²) in [7, 11) is -0.533. The standard InChI is InChI=1S/C13H28N2OS/c1-13(2,3)14-7-5-4-6-8-15-9-11-17(16)12-10-15/h14H,4-12H2,1-3H3. The fourth-order valence-electron chi connectivity index (χ4n) is 2.00. The molecule has 1 N–H and O–H groups in total. The van der Waals surface area contributed by atoms with E-state index in [0.717, 1.165) is 31.1 Å². The van der Waals surface area contributed by atoms with Crippen LogP contribution in [-0.4, -0.2) is 52.3 Å². The molecule has 1 aliphatic rings. The number of unbranched alkanes of at least 4 members (excludes halogenated alkanes) is 2. The van der Waals surface area contributed by atoms with Crippen molar-refractivity contribution in [1.29, 1.82) is 0 Å². The summed E-state index contributed by atoms with van der Waals surface area (Å²) in [6.07, 6.45) is 3.83. The van der Waals surface area contributed by atoms with Crippen molar-refractivity contribution in [2.24, 2.45) is 0 Å². The first kappa shape index (κ1) is 15.1. The van der Waals surface area contributed by atoms with Gasteiger partial charge in [0.25, 0.3) is 0 Å². The Morgan fingerprint density at radius 2 is 1.76 bits per heavy atom. The van der Waals surface area contributed by atoms with E-state index in [2.05, 4.69) is 31.0 Å². The minimum atomic E-state index is -0.533. The van der Waals surface area contributed by atoms with Crippen molar-refractivity contribution in [2.75, 3.05) is 37.7 Å². The molecule has 0 aromatic heterocycles. The maximum Gasteiger partial charge on any atom is 0.0363 e. The maximum atomic E-state index is 11.2. The normalized spacial score (nSPS) is 19.7. The van der Waals surface area contributed by atoms with Crippen LogP contribution >= 0.6 is 0 Å². The average molecular weight is 260 g/mol. The fourth-order valence-corrected chi connectivity index (χ4v) is 3.13. The number of hydrogen-bond donors (Lipinski definition) is 1. The third-order valence-electron chi connectivity index (χ3n) is 3.08.